The van der Waals surface area contributed by atoms with Gasteiger partial charge in [0.05, 0.1) is 10.7 Å². The normalized spacial score (nSPS) is 24.6. The highest BCUT2D eigenvalue weighted by Crippen LogP contribution is 2.42. The summed E-state index contributed by atoms with van der Waals surface area (Å²) in [6.45, 7) is 3.14. The molecule has 139 heavy (non-hydrogen) atoms. The molecule has 3 saturated carbocycles. The van der Waals surface area contributed by atoms with Gasteiger partial charge in [-0.25, -0.2) is 4.98 Å². The highest BCUT2D eigenvalue weighted by Gasteiger charge is 2.36. The topological polar surface area (TPSA) is 58.4 Å². The van der Waals surface area contributed by atoms with Crippen LogP contribution in [0.2, 0.25) is 0 Å². The van der Waals surface area contributed by atoms with Gasteiger partial charge in [-0.05, 0) is 84.6 Å². The highest BCUT2D eigenvalue weighted by molar-refractivity contribution is 9.10. The fourth-order valence-corrected chi connectivity index (χ4v) is 25.6. The number of nitrogens with zero attached hydrogens (tertiary/aromatic N) is 5. The second-order valence-electron chi connectivity index (χ2n) is 47.7. The number of nitrogens with one attached hydrogen (secondary N) is 1. The van der Waals surface area contributed by atoms with Crippen molar-refractivity contribution in [2.75, 3.05) is 18.4 Å². The lowest BCUT2D eigenvalue weighted by Gasteiger charge is -2.46. The summed E-state index contributed by atoms with van der Waals surface area (Å²) in [7, 11) is 0. The number of halogens is 1. The van der Waals surface area contributed by atoms with Crippen molar-refractivity contribution >= 4 is 27.4 Å². The minimum absolute atomic E-state index is 0.475. The van der Waals surface area contributed by atoms with E-state index in [1.54, 1.807) is 0 Å². The van der Waals surface area contributed by atoms with Crippen molar-refractivity contribution in [3.63, 3.8) is 0 Å². The molecule has 4 heterocycles. The molecule has 2 bridgehead atoms. The van der Waals surface area contributed by atoms with Gasteiger partial charge in [-0.2, -0.15) is 9.61 Å². The molecule has 3 aromatic heterocycles. The molecular formula is C132H245BrN6. The maximum atomic E-state index is 5.29. The standard InChI is InChI=1S/C132H245BrN6/c133-128-123-136-139-131(135-122-125-110-108-116-134-121-125)120-129(137-132(128)139)126-114-117-138(118-115-126)130-119-124-109-106-104-102-100-98-96-94-92-90-88-86-84-82-80-78-76-74-72-70-68-66-64-62-60-58-56-54-52-50-48-46-44-42-40-38-36-34-32-30-28-26-24-22-20-18-16-14-12-10-8-6-4-2-1-3-5-7-9-11-13-15-17-19-21-23-25-27-29-31-33-35-37-39-41-43-45-47-49-51-53-55-57-59-61-63-65-67-69-71-73-75-77-79-81-83-85-87-89-91-93-95-97-99-101-103-105-107-111-127(130)113-112-124/h108,110,116,120-121,123-124,126-127,130,135H,1-107,109,111-115,117-119,122H2. The van der Waals surface area contributed by atoms with Crippen molar-refractivity contribution in [3.8, 4) is 0 Å². The van der Waals surface area contributed by atoms with Crippen LogP contribution in [0.15, 0.2) is 41.3 Å². The van der Waals surface area contributed by atoms with Gasteiger partial charge < -0.3 is 10.2 Å². The number of anilines is 1. The Bertz CT molecular complexity index is 2870. The molecule has 0 radical (unpaired) electrons. The molecule has 7 rings (SSSR count). The molecule has 3 atom stereocenters. The molecule has 0 aromatic carbocycles. The predicted octanol–water partition coefficient (Wildman–Crippen LogP) is 47.0. The largest absolute Gasteiger partial charge is 0.366 e. The first kappa shape index (κ1) is 126. The number of hydrogen-bond donors (Lipinski definition) is 1. The van der Waals surface area contributed by atoms with Crippen molar-refractivity contribution in [2.45, 2.75) is 750 Å². The number of piperidine rings is 1. The Labute approximate surface area is 879 Å². The van der Waals surface area contributed by atoms with Crippen molar-refractivity contribution in [1.82, 2.24) is 24.5 Å². The zero-order valence-electron chi connectivity index (χ0n) is 94.1. The first-order valence-electron chi connectivity index (χ1n) is 65.7. The van der Waals surface area contributed by atoms with Crippen molar-refractivity contribution < 1.29 is 0 Å². The van der Waals surface area contributed by atoms with Crippen molar-refractivity contribution in [3.05, 3.63) is 52.5 Å². The number of pyridine rings is 1. The van der Waals surface area contributed by atoms with Crippen LogP contribution in [0.4, 0.5) is 5.82 Å². The van der Waals surface area contributed by atoms with Crippen molar-refractivity contribution in [2.24, 2.45) is 11.8 Å². The lowest BCUT2D eigenvalue weighted by atomic mass is 9.73. The first-order valence-corrected chi connectivity index (χ1v) is 66.4. The SMILES string of the molecule is Brc1cnn2c(NCc3cccnc3)cc(C3CCN(C4CC5CCCCCCCCCCCCCCCCCCCCCCCCCCCCCCCCCCCCCCCCCCCCCCCCCCCCCCCCCCCCCCCCCCCCCCCCCCCCCCCCCCCCCCCCCCCCCCCCCCCCCCCCCCCCCC4CC5)CC3)nc12. The Morgan fingerprint density at radius 2 is 0.475 bits per heavy atom. The molecule has 0 spiro atoms. The van der Waals surface area contributed by atoms with Gasteiger partial charge in [0.15, 0.2) is 5.65 Å². The first-order chi connectivity index (χ1) is 69.2. The Kier molecular flexibility index (Phi) is 89.8. The smallest absolute Gasteiger partial charge is 0.171 e. The van der Waals surface area contributed by atoms with E-state index in [4.69, 9.17) is 10.1 Å². The van der Waals surface area contributed by atoms with Gasteiger partial charge in [0.1, 0.15) is 5.82 Å². The molecule has 1 saturated heterocycles. The molecule has 3 aliphatic carbocycles. The summed E-state index contributed by atoms with van der Waals surface area (Å²) in [5, 5.41) is 8.42. The molecule has 3 aromatic rings. The van der Waals surface area contributed by atoms with Crippen LogP contribution in [0, 0.1) is 11.8 Å². The zero-order valence-corrected chi connectivity index (χ0v) is 95.7. The molecule has 3 unspecified atom stereocenters. The van der Waals surface area contributed by atoms with Crippen molar-refractivity contribution in [1.29, 1.82) is 0 Å². The minimum atomic E-state index is 0.475. The van der Waals surface area contributed by atoms with Gasteiger partial charge in [-0.1, -0.05) is 706 Å². The van der Waals surface area contributed by atoms with Crippen LogP contribution in [0.3, 0.4) is 0 Å². The van der Waals surface area contributed by atoms with E-state index in [0.29, 0.717) is 12.5 Å². The Morgan fingerprint density at radius 3 is 0.698 bits per heavy atom. The molecule has 4 aliphatic rings. The number of hydrogen-bond acceptors (Lipinski definition) is 5. The molecule has 4 fully saturated rings. The average molecular weight is 2000 g/mol. The lowest BCUT2D eigenvalue weighted by Crippen LogP contribution is -2.47. The van der Waals surface area contributed by atoms with E-state index in [-0.39, 0.29) is 0 Å². The van der Waals surface area contributed by atoms with E-state index in [9.17, 15) is 0 Å². The second-order valence-corrected chi connectivity index (χ2v) is 48.6. The maximum Gasteiger partial charge on any atom is 0.171 e. The Hall–Kier alpha value is -1.99. The van der Waals surface area contributed by atoms with Crippen LogP contribution in [0.1, 0.15) is 749 Å². The summed E-state index contributed by atoms with van der Waals surface area (Å²) in [5.74, 6) is 3.29. The van der Waals surface area contributed by atoms with Crippen LogP contribution in [-0.4, -0.2) is 43.6 Å². The fraction of sp³-hybridized carbons (Fsp3) is 0.917. The van der Waals surface area contributed by atoms with Crippen LogP contribution in [0.5, 0.6) is 0 Å². The second kappa shape index (κ2) is 99.3. The van der Waals surface area contributed by atoms with Gasteiger partial charge in [0, 0.05) is 42.7 Å². The summed E-state index contributed by atoms with van der Waals surface area (Å²) >= 11 is 3.80. The number of aromatic nitrogens is 4. The predicted molar refractivity (Wildman–Crippen MR) is 624 cm³/mol. The average Bonchev–Trinajstić information content (AvgIpc) is 1.68. The summed E-state index contributed by atoms with van der Waals surface area (Å²) in [6, 6.07) is 7.23. The van der Waals surface area contributed by atoms with E-state index in [2.05, 4.69) is 43.3 Å². The van der Waals surface area contributed by atoms with Crippen LogP contribution in [0.25, 0.3) is 5.65 Å². The number of fused-ring (bicyclic) bond motifs is 111. The van der Waals surface area contributed by atoms with E-state index in [1.165, 1.54) is 756 Å². The van der Waals surface area contributed by atoms with E-state index in [0.717, 1.165) is 33.8 Å². The van der Waals surface area contributed by atoms with Gasteiger partial charge in [-0.3, -0.25) is 4.98 Å². The monoisotopic (exact) mass is 1990 g/mol. The quantitative estimate of drug-likeness (QED) is 0.276. The summed E-state index contributed by atoms with van der Waals surface area (Å²) in [6.07, 6.45) is 175. The van der Waals surface area contributed by atoms with E-state index in [1.807, 2.05) is 29.2 Å². The third-order valence-corrected chi connectivity index (χ3v) is 35.4. The summed E-state index contributed by atoms with van der Waals surface area (Å²) in [4.78, 5) is 12.7. The van der Waals surface area contributed by atoms with Crippen LogP contribution >= 0.6 is 15.9 Å². The van der Waals surface area contributed by atoms with Gasteiger partial charge >= 0.3 is 0 Å². The summed E-state index contributed by atoms with van der Waals surface area (Å²) in [5.41, 5.74) is 3.31. The molecule has 0 amide bonds. The van der Waals surface area contributed by atoms with E-state index >= 15 is 0 Å². The third-order valence-electron chi connectivity index (χ3n) is 34.8. The molecule has 1 N–H and O–H groups in total. The van der Waals surface area contributed by atoms with E-state index < -0.39 is 0 Å². The molecule has 1 aliphatic heterocycles. The zero-order chi connectivity index (χ0) is 97.2. The van der Waals surface area contributed by atoms with Gasteiger partial charge in [0.25, 0.3) is 0 Å². The fourth-order valence-electron chi connectivity index (χ4n) is 25.3. The number of rotatable bonds is 5. The third kappa shape index (κ3) is 76.2. The minimum Gasteiger partial charge on any atom is -0.366 e. The van der Waals surface area contributed by atoms with Gasteiger partial charge in [0.2, 0.25) is 0 Å². The highest BCUT2D eigenvalue weighted by atomic mass is 79.9. The lowest BCUT2D eigenvalue weighted by molar-refractivity contribution is 0.0507. The molecule has 6 nitrogen and oxygen atoms in total. The Morgan fingerprint density at radius 1 is 0.252 bits per heavy atom. The van der Waals surface area contributed by atoms with Gasteiger partial charge in [-0.15, -0.1) is 0 Å². The molecular weight excluding hydrogens is 1750 g/mol. The number of likely N-dealkylation sites (tertiary alicyclic amines) is 1. The molecule has 7 heteroatoms. The van der Waals surface area contributed by atoms with Crippen LogP contribution < -0.4 is 5.32 Å². The molecule has 810 valence electrons. The Balaban J connectivity index is 0.738. The van der Waals surface area contributed by atoms with Crippen LogP contribution in [-0.2, 0) is 6.54 Å². The maximum absolute atomic E-state index is 5.29. The summed E-state index contributed by atoms with van der Waals surface area (Å²) < 4.78 is 2.94.